The van der Waals surface area contributed by atoms with Gasteiger partial charge in [0.1, 0.15) is 11.6 Å². The molecule has 0 spiro atoms. The monoisotopic (exact) mass is 578 g/mol. The van der Waals surface area contributed by atoms with Gasteiger partial charge in [0.15, 0.2) is 0 Å². The van der Waals surface area contributed by atoms with Gasteiger partial charge < -0.3 is 24.5 Å². The van der Waals surface area contributed by atoms with Crippen LogP contribution >= 0.6 is 11.6 Å². The number of phenols is 1. The Hall–Kier alpha value is -4.03. The normalized spacial score (nSPS) is 14.1. The quantitative estimate of drug-likeness (QED) is 0.383. The van der Waals surface area contributed by atoms with Crippen molar-refractivity contribution >= 4 is 39.8 Å². The molecule has 1 fully saturated rings. The van der Waals surface area contributed by atoms with E-state index in [1.54, 1.807) is 30.2 Å². The molecule has 1 N–H and O–H groups in total. The number of aromatic hydroxyl groups is 1. The number of carbonyl (C=O) groups is 1. The van der Waals surface area contributed by atoms with Crippen LogP contribution in [-0.2, 0) is 17.8 Å². The van der Waals surface area contributed by atoms with Gasteiger partial charge >= 0.3 is 6.01 Å². The third-order valence-corrected chi connectivity index (χ3v) is 7.32. The molecule has 9 nitrogen and oxygen atoms in total. The molecule has 2 aliphatic rings. The molecule has 3 aromatic rings. The van der Waals surface area contributed by atoms with E-state index >= 15 is 0 Å². The van der Waals surface area contributed by atoms with Gasteiger partial charge in [-0.1, -0.05) is 57.0 Å². The molecule has 2 aromatic carbocycles. The highest BCUT2D eigenvalue weighted by atomic mass is 35.5. The number of hydrogen-bond acceptors (Lipinski definition) is 8. The highest BCUT2D eigenvalue weighted by Crippen LogP contribution is 2.39. The predicted octanol–water partition coefficient (Wildman–Crippen LogP) is 5.73. The number of unbranched alkanes of at least 4 members (excludes halogenated alkanes) is 1. The molecule has 5 rings (SSSR count). The van der Waals surface area contributed by atoms with Crippen LogP contribution < -0.4 is 14.5 Å². The van der Waals surface area contributed by atoms with Crippen LogP contribution in [-0.4, -0.2) is 65.7 Å². The van der Waals surface area contributed by atoms with Crippen molar-refractivity contribution < 1.29 is 14.6 Å². The fourth-order valence-electron chi connectivity index (χ4n) is 4.81. The van der Waals surface area contributed by atoms with Gasteiger partial charge in [-0.2, -0.15) is 15.2 Å². The number of nitrogens with zero attached hydrogens (tertiary/aromatic N) is 6. The Morgan fingerprint density at radius 3 is 2.44 bits per heavy atom. The Labute approximate surface area is 247 Å². The molecule has 3 heterocycles. The lowest BCUT2D eigenvalue weighted by Gasteiger charge is -2.38. The number of halogens is 1. The first kappa shape index (κ1) is 31.5. The number of aromatic nitrogens is 2. The zero-order valence-corrected chi connectivity index (χ0v) is 25.1. The van der Waals surface area contributed by atoms with E-state index in [1.165, 1.54) is 25.8 Å². The third-order valence-electron chi connectivity index (χ3n) is 7.00. The SMILES string of the molecule is C=CC(=O)N1CCN(c2nc(OC)nc3c2CCN(c2cc(O)cc4cccc(Cl)c24)C3)CC1.CC#N.CCCC. The van der Waals surface area contributed by atoms with Crippen molar-refractivity contribution in [3.63, 3.8) is 0 Å². The van der Waals surface area contributed by atoms with E-state index in [2.05, 4.69) is 40.2 Å². The fraction of sp³-hybridized carbons (Fsp3) is 0.419. The van der Waals surface area contributed by atoms with Gasteiger partial charge in [0, 0.05) is 56.7 Å². The Bertz CT molecular complexity index is 1400. The average Bonchev–Trinajstić information content (AvgIpc) is 3.00. The van der Waals surface area contributed by atoms with Gasteiger partial charge in [0.25, 0.3) is 0 Å². The summed E-state index contributed by atoms with van der Waals surface area (Å²) in [5.41, 5.74) is 2.86. The molecule has 0 radical (unpaired) electrons. The maximum Gasteiger partial charge on any atom is 0.318 e. The lowest BCUT2D eigenvalue weighted by Crippen LogP contribution is -2.49. The van der Waals surface area contributed by atoms with Gasteiger partial charge in [-0.3, -0.25) is 4.79 Å². The Kier molecular flexibility index (Phi) is 11.6. The molecule has 1 aromatic heterocycles. The first-order valence-corrected chi connectivity index (χ1v) is 14.3. The number of phenolic OH excluding ortho intramolecular Hbond substituents is 1. The van der Waals surface area contributed by atoms with Crippen molar-refractivity contribution in [3.05, 3.63) is 59.3 Å². The van der Waals surface area contributed by atoms with E-state index in [0.717, 1.165) is 46.5 Å². The summed E-state index contributed by atoms with van der Waals surface area (Å²) >= 11 is 6.56. The summed E-state index contributed by atoms with van der Waals surface area (Å²) in [4.78, 5) is 27.5. The van der Waals surface area contributed by atoms with E-state index in [4.69, 9.17) is 21.6 Å². The maximum absolute atomic E-state index is 12.0. The van der Waals surface area contributed by atoms with Crippen LogP contribution in [0.25, 0.3) is 10.8 Å². The summed E-state index contributed by atoms with van der Waals surface area (Å²) in [6, 6.07) is 11.2. The molecule has 1 saturated heterocycles. The summed E-state index contributed by atoms with van der Waals surface area (Å²) in [7, 11) is 1.56. The molecular weight excluding hydrogens is 540 g/mol. The van der Waals surface area contributed by atoms with Crippen LogP contribution in [0.2, 0.25) is 5.02 Å². The Balaban J connectivity index is 0.000000598. The van der Waals surface area contributed by atoms with Crippen LogP contribution in [0.3, 0.4) is 0 Å². The third kappa shape index (κ3) is 7.59. The molecule has 0 saturated carbocycles. The van der Waals surface area contributed by atoms with Gasteiger partial charge in [-0.25, -0.2) is 0 Å². The molecule has 218 valence electrons. The minimum Gasteiger partial charge on any atom is -0.508 e. The van der Waals surface area contributed by atoms with E-state index in [0.29, 0.717) is 43.8 Å². The van der Waals surface area contributed by atoms with Crippen LogP contribution in [0, 0.1) is 11.3 Å². The van der Waals surface area contributed by atoms with E-state index in [1.807, 2.05) is 18.2 Å². The highest BCUT2D eigenvalue weighted by molar-refractivity contribution is 6.36. The summed E-state index contributed by atoms with van der Waals surface area (Å²) in [5, 5.41) is 20.1. The molecule has 0 bridgehead atoms. The van der Waals surface area contributed by atoms with E-state index in [-0.39, 0.29) is 11.7 Å². The Morgan fingerprint density at radius 1 is 1.15 bits per heavy atom. The van der Waals surface area contributed by atoms with Crippen molar-refractivity contribution in [1.29, 1.82) is 5.26 Å². The number of benzene rings is 2. The molecular formula is C31H39ClN6O3. The van der Waals surface area contributed by atoms with Gasteiger partial charge in [0.2, 0.25) is 5.91 Å². The zero-order chi connectivity index (χ0) is 29.9. The summed E-state index contributed by atoms with van der Waals surface area (Å²) in [6.07, 6.45) is 4.74. The molecule has 1 amide bonds. The number of piperazine rings is 1. The molecule has 41 heavy (non-hydrogen) atoms. The van der Waals surface area contributed by atoms with Crippen LogP contribution in [0.4, 0.5) is 11.5 Å². The first-order chi connectivity index (χ1) is 19.8. The van der Waals surface area contributed by atoms with Crippen molar-refractivity contribution in [1.82, 2.24) is 14.9 Å². The lowest BCUT2D eigenvalue weighted by molar-refractivity contribution is -0.126. The number of ether oxygens (including phenoxy) is 1. The molecule has 10 heteroatoms. The van der Waals surface area contributed by atoms with Crippen molar-refractivity contribution in [2.24, 2.45) is 0 Å². The van der Waals surface area contributed by atoms with Crippen molar-refractivity contribution in [2.75, 3.05) is 49.6 Å². The Morgan fingerprint density at radius 2 is 1.83 bits per heavy atom. The van der Waals surface area contributed by atoms with Crippen LogP contribution in [0.1, 0.15) is 44.9 Å². The second-order valence-corrected chi connectivity index (χ2v) is 10.1. The fourth-order valence-corrected chi connectivity index (χ4v) is 5.09. The number of amides is 1. The van der Waals surface area contributed by atoms with Gasteiger partial charge in [0.05, 0.1) is 36.1 Å². The number of methoxy groups -OCH3 is 1. The smallest absolute Gasteiger partial charge is 0.318 e. The van der Waals surface area contributed by atoms with Gasteiger partial charge in [-0.15, -0.1) is 0 Å². The number of rotatable bonds is 5. The van der Waals surface area contributed by atoms with Gasteiger partial charge in [-0.05, 0) is 30.0 Å². The molecule has 0 unspecified atom stereocenters. The number of hydrogen-bond donors (Lipinski definition) is 1. The highest BCUT2D eigenvalue weighted by Gasteiger charge is 2.29. The lowest BCUT2D eigenvalue weighted by atomic mass is 10.0. The second-order valence-electron chi connectivity index (χ2n) is 9.67. The van der Waals surface area contributed by atoms with E-state index in [9.17, 15) is 9.90 Å². The van der Waals surface area contributed by atoms with E-state index < -0.39 is 0 Å². The number of carbonyl (C=O) groups excluding carboxylic acids is 1. The second kappa shape index (κ2) is 15.1. The molecule has 2 aliphatic heterocycles. The topological polar surface area (TPSA) is 106 Å². The number of fused-ring (bicyclic) bond motifs is 2. The maximum atomic E-state index is 12.0. The van der Waals surface area contributed by atoms with Crippen LogP contribution in [0.15, 0.2) is 43.0 Å². The molecule has 0 atom stereocenters. The average molecular weight is 579 g/mol. The summed E-state index contributed by atoms with van der Waals surface area (Å²) < 4.78 is 5.43. The van der Waals surface area contributed by atoms with Crippen molar-refractivity contribution in [2.45, 2.75) is 46.6 Å². The molecule has 0 aliphatic carbocycles. The zero-order valence-electron chi connectivity index (χ0n) is 24.4. The summed E-state index contributed by atoms with van der Waals surface area (Å²) in [6.45, 7) is 13.2. The standard InChI is InChI=1S/C25H26ClN5O3.C4H10.C2H3N/c1-3-22(33)29-9-11-30(12-10-29)24-18-7-8-31(15-20(18)27-25(28-24)34-2)21-14-17(32)13-16-5-4-6-19(26)23(16)21;1-3-4-2;1-2-3/h3-6,13-14,32H,1,7-12,15H2,2H3;3-4H2,1-2H3;1H3. The number of nitriles is 1. The largest absolute Gasteiger partial charge is 0.508 e. The number of anilines is 2. The minimum absolute atomic E-state index is 0.0467. The predicted molar refractivity (Wildman–Crippen MR) is 165 cm³/mol. The minimum atomic E-state index is -0.0467. The van der Waals surface area contributed by atoms with Crippen molar-refractivity contribution in [3.8, 4) is 17.8 Å². The van der Waals surface area contributed by atoms with Crippen LogP contribution in [0.5, 0.6) is 11.8 Å². The summed E-state index contributed by atoms with van der Waals surface area (Å²) in [5.74, 6) is 1.02. The first-order valence-electron chi connectivity index (χ1n) is 13.9.